The summed E-state index contributed by atoms with van der Waals surface area (Å²) in [5.74, 6) is 1.20. The van der Waals surface area contributed by atoms with E-state index in [2.05, 4.69) is 10.5 Å². The highest BCUT2D eigenvalue weighted by Gasteiger charge is 2.08. The number of benzene rings is 2. The minimum absolute atomic E-state index is 0.502. The second-order valence-corrected chi connectivity index (χ2v) is 5.29. The minimum atomic E-state index is 0.502. The van der Waals surface area contributed by atoms with Crippen molar-refractivity contribution in [2.45, 2.75) is 6.54 Å². The van der Waals surface area contributed by atoms with E-state index in [9.17, 15) is 0 Å². The van der Waals surface area contributed by atoms with E-state index in [0.29, 0.717) is 28.1 Å². The zero-order chi connectivity index (χ0) is 15.9. The molecule has 2 aromatic rings. The Bertz CT molecular complexity index is 658. The molecule has 0 spiro atoms. The van der Waals surface area contributed by atoms with Crippen LogP contribution in [0.4, 0.5) is 0 Å². The molecule has 22 heavy (non-hydrogen) atoms. The molecular weight excluding hydrogens is 323 g/mol. The highest BCUT2D eigenvalue weighted by molar-refractivity contribution is 6.32. The van der Waals surface area contributed by atoms with Gasteiger partial charge in [-0.05, 0) is 23.8 Å². The van der Waals surface area contributed by atoms with Crippen LogP contribution in [0.25, 0.3) is 0 Å². The van der Waals surface area contributed by atoms with Gasteiger partial charge in [0, 0.05) is 16.7 Å². The first-order valence-corrected chi connectivity index (χ1v) is 7.31. The standard InChI is InChI=1S/C16H16Cl2N2O2/c1-21-15-8-16(22-2)14(18)7-12(15)10-20-19-9-11-3-5-13(17)6-4-11/h3-8,10,19H,9H2,1-2H3/b20-10-. The third kappa shape index (κ3) is 4.29. The molecule has 116 valence electrons. The van der Waals surface area contributed by atoms with Crippen LogP contribution in [0.1, 0.15) is 11.1 Å². The van der Waals surface area contributed by atoms with Crippen molar-refractivity contribution >= 4 is 29.4 Å². The second kappa shape index (κ2) is 7.92. The average Bonchev–Trinajstić information content (AvgIpc) is 2.53. The molecule has 6 heteroatoms. The number of hydrogen-bond acceptors (Lipinski definition) is 4. The summed E-state index contributed by atoms with van der Waals surface area (Å²) in [5, 5.41) is 5.39. The summed E-state index contributed by atoms with van der Waals surface area (Å²) in [4.78, 5) is 0. The highest BCUT2D eigenvalue weighted by atomic mass is 35.5. The molecule has 0 aliphatic heterocycles. The molecule has 0 aliphatic rings. The maximum absolute atomic E-state index is 6.11. The van der Waals surface area contributed by atoms with Crippen molar-refractivity contribution in [3.8, 4) is 11.5 Å². The van der Waals surface area contributed by atoms with Crippen molar-refractivity contribution in [3.05, 3.63) is 57.6 Å². The van der Waals surface area contributed by atoms with Crippen LogP contribution in [-0.2, 0) is 6.54 Å². The molecule has 0 radical (unpaired) electrons. The van der Waals surface area contributed by atoms with Crippen LogP contribution < -0.4 is 14.9 Å². The number of hydrogen-bond donors (Lipinski definition) is 1. The largest absolute Gasteiger partial charge is 0.496 e. The van der Waals surface area contributed by atoms with Gasteiger partial charge in [-0.1, -0.05) is 35.3 Å². The van der Waals surface area contributed by atoms with Crippen molar-refractivity contribution in [3.63, 3.8) is 0 Å². The Hall–Kier alpha value is -1.91. The Kier molecular flexibility index (Phi) is 5.92. The molecule has 0 fully saturated rings. The van der Waals surface area contributed by atoms with E-state index in [1.807, 2.05) is 24.3 Å². The number of hydrazone groups is 1. The first-order valence-electron chi connectivity index (χ1n) is 6.56. The zero-order valence-corrected chi connectivity index (χ0v) is 13.8. The third-order valence-corrected chi connectivity index (χ3v) is 3.54. The summed E-state index contributed by atoms with van der Waals surface area (Å²) in [6, 6.07) is 11.0. The van der Waals surface area contributed by atoms with E-state index < -0.39 is 0 Å². The molecule has 0 atom stereocenters. The lowest BCUT2D eigenvalue weighted by atomic mass is 10.2. The fourth-order valence-corrected chi connectivity index (χ4v) is 2.21. The predicted octanol–water partition coefficient (Wildman–Crippen LogP) is 4.13. The first-order chi connectivity index (χ1) is 10.6. The maximum Gasteiger partial charge on any atom is 0.141 e. The quantitative estimate of drug-likeness (QED) is 0.636. The Balaban J connectivity index is 2.03. The second-order valence-electron chi connectivity index (χ2n) is 4.45. The van der Waals surface area contributed by atoms with E-state index in [1.165, 1.54) is 0 Å². The number of nitrogens with one attached hydrogen (secondary N) is 1. The van der Waals surface area contributed by atoms with Crippen LogP contribution >= 0.6 is 23.2 Å². The van der Waals surface area contributed by atoms with Crippen molar-refractivity contribution < 1.29 is 9.47 Å². The lowest BCUT2D eigenvalue weighted by molar-refractivity contribution is 0.394. The summed E-state index contributed by atoms with van der Waals surface area (Å²) in [6.45, 7) is 0.597. The van der Waals surface area contributed by atoms with Crippen LogP contribution in [0.5, 0.6) is 11.5 Å². The van der Waals surface area contributed by atoms with Crippen LogP contribution in [-0.4, -0.2) is 20.4 Å². The molecule has 0 amide bonds. The third-order valence-electron chi connectivity index (χ3n) is 3.00. The number of ether oxygens (including phenoxy) is 2. The van der Waals surface area contributed by atoms with Gasteiger partial charge in [0.2, 0.25) is 0 Å². The van der Waals surface area contributed by atoms with Crippen molar-refractivity contribution in [1.82, 2.24) is 5.43 Å². The van der Waals surface area contributed by atoms with E-state index in [0.717, 1.165) is 11.1 Å². The monoisotopic (exact) mass is 338 g/mol. The van der Waals surface area contributed by atoms with Crippen molar-refractivity contribution in [2.24, 2.45) is 5.10 Å². The Morgan fingerprint density at radius 2 is 1.73 bits per heavy atom. The number of methoxy groups -OCH3 is 2. The number of rotatable bonds is 6. The van der Waals surface area contributed by atoms with Gasteiger partial charge in [-0.25, -0.2) is 0 Å². The highest BCUT2D eigenvalue weighted by Crippen LogP contribution is 2.31. The average molecular weight is 339 g/mol. The molecule has 0 aliphatic carbocycles. The van der Waals surface area contributed by atoms with Gasteiger partial charge < -0.3 is 14.9 Å². The molecular formula is C16H16Cl2N2O2. The Labute approximate surface area is 139 Å². The first kappa shape index (κ1) is 16.5. The van der Waals surface area contributed by atoms with Crippen molar-refractivity contribution in [1.29, 1.82) is 0 Å². The molecule has 0 heterocycles. The Morgan fingerprint density at radius 3 is 2.36 bits per heavy atom. The molecule has 0 unspecified atom stereocenters. The summed E-state index contributed by atoms with van der Waals surface area (Å²) >= 11 is 11.9. The smallest absolute Gasteiger partial charge is 0.141 e. The molecule has 0 saturated carbocycles. The Morgan fingerprint density at radius 1 is 1.05 bits per heavy atom. The van der Waals surface area contributed by atoms with Crippen LogP contribution in [0.15, 0.2) is 41.5 Å². The number of nitrogens with zero attached hydrogens (tertiary/aromatic N) is 1. The summed E-state index contributed by atoms with van der Waals surface area (Å²) in [5.41, 5.74) is 4.81. The molecule has 4 nitrogen and oxygen atoms in total. The van der Waals surface area contributed by atoms with Gasteiger partial charge in [0.05, 0.1) is 32.0 Å². The number of halogens is 2. The van der Waals surface area contributed by atoms with Gasteiger partial charge >= 0.3 is 0 Å². The van der Waals surface area contributed by atoms with Crippen LogP contribution in [0.3, 0.4) is 0 Å². The van der Waals surface area contributed by atoms with E-state index >= 15 is 0 Å². The SMILES string of the molecule is COc1cc(OC)c(/C=N\NCc2ccc(Cl)cc2)cc1Cl. The van der Waals surface area contributed by atoms with Gasteiger partial charge in [-0.15, -0.1) is 0 Å². The van der Waals surface area contributed by atoms with E-state index in [1.54, 1.807) is 32.6 Å². The molecule has 0 aromatic heterocycles. The van der Waals surface area contributed by atoms with Crippen LogP contribution in [0, 0.1) is 0 Å². The fourth-order valence-electron chi connectivity index (χ4n) is 1.84. The summed E-state index contributed by atoms with van der Waals surface area (Å²) in [7, 11) is 3.14. The molecule has 2 aromatic carbocycles. The molecule has 0 bridgehead atoms. The molecule has 2 rings (SSSR count). The maximum atomic E-state index is 6.11. The van der Waals surface area contributed by atoms with E-state index in [-0.39, 0.29) is 0 Å². The van der Waals surface area contributed by atoms with Gasteiger partial charge in [0.25, 0.3) is 0 Å². The fraction of sp³-hybridized carbons (Fsp3) is 0.188. The summed E-state index contributed by atoms with van der Waals surface area (Å²) < 4.78 is 10.5. The topological polar surface area (TPSA) is 42.9 Å². The zero-order valence-electron chi connectivity index (χ0n) is 12.3. The van der Waals surface area contributed by atoms with Gasteiger partial charge in [0.1, 0.15) is 11.5 Å². The normalized spacial score (nSPS) is 10.7. The van der Waals surface area contributed by atoms with Crippen LogP contribution in [0.2, 0.25) is 10.0 Å². The van der Waals surface area contributed by atoms with Gasteiger partial charge in [-0.3, -0.25) is 0 Å². The van der Waals surface area contributed by atoms with Gasteiger partial charge in [0.15, 0.2) is 0 Å². The lowest BCUT2D eigenvalue weighted by Crippen LogP contribution is -2.05. The molecule has 0 saturated heterocycles. The van der Waals surface area contributed by atoms with Crippen molar-refractivity contribution in [2.75, 3.05) is 14.2 Å². The molecule has 1 N–H and O–H groups in total. The summed E-state index contributed by atoms with van der Waals surface area (Å²) in [6.07, 6.45) is 1.65. The predicted molar refractivity (Wildman–Crippen MR) is 90.4 cm³/mol. The van der Waals surface area contributed by atoms with Gasteiger partial charge in [-0.2, -0.15) is 5.10 Å². The van der Waals surface area contributed by atoms with E-state index in [4.69, 9.17) is 32.7 Å². The minimum Gasteiger partial charge on any atom is -0.496 e. The lowest BCUT2D eigenvalue weighted by Gasteiger charge is -2.09.